The lowest BCUT2D eigenvalue weighted by atomic mass is 9.97. The molecule has 0 amide bonds. The molecule has 3 aromatic heterocycles. The molecule has 1 saturated carbocycles. The minimum Gasteiger partial charge on any atom is -0.438 e. The average molecular weight is 346 g/mol. The summed E-state index contributed by atoms with van der Waals surface area (Å²) in [6.45, 7) is 0. The van der Waals surface area contributed by atoms with Gasteiger partial charge in [0.2, 0.25) is 5.71 Å². The number of halogens is 1. The van der Waals surface area contributed by atoms with Crippen molar-refractivity contribution in [1.29, 1.82) is 0 Å². The van der Waals surface area contributed by atoms with E-state index in [-0.39, 0.29) is 5.82 Å². The lowest BCUT2D eigenvalue weighted by molar-refractivity contribution is 0.546. The summed E-state index contributed by atoms with van der Waals surface area (Å²) in [5, 5.41) is 1.18. The Hall–Kier alpha value is -2.75. The Morgan fingerprint density at radius 3 is 2.81 bits per heavy atom. The molecule has 0 radical (unpaired) electrons. The lowest BCUT2D eigenvalue weighted by Gasteiger charge is -2.10. The lowest BCUT2D eigenvalue weighted by Crippen LogP contribution is -1.99. The SMILES string of the molecule is Fc1c(-c2cc(CC3CCCC3)ccn2)ccc2oc3ncccc3c12. The first-order valence-corrected chi connectivity index (χ1v) is 9.20. The largest absolute Gasteiger partial charge is 0.438 e. The molecule has 0 bridgehead atoms. The summed E-state index contributed by atoms with van der Waals surface area (Å²) in [6, 6.07) is 11.3. The van der Waals surface area contributed by atoms with E-state index in [9.17, 15) is 0 Å². The van der Waals surface area contributed by atoms with Gasteiger partial charge in [-0.05, 0) is 54.3 Å². The molecule has 1 fully saturated rings. The van der Waals surface area contributed by atoms with Crippen LogP contribution in [0.15, 0.2) is 53.2 Å². The van der Waals surface area contributed by atoms with Crippen LogP contribution < -0.4 is 0 Å². The molecule has 4 heteroatoms. The Kier molecular flexibility index (Phi) is 3.70. The van der Waals surface area contributed by atoms with Gasteiger partial charge in [0.1, 0.15) is 11.4 Å². The van der Waals surface area contributed by atoms with Gasteiger partial charge < -0.3 is 4.42 Å². The zero-order chi connectivity index (χ0) is 17.5. The van der Waals surface area contributed by atoms with Gasteiger partial charge in [-0.3, -0.25) is 4.98 Å². The number of rotatable bonds is 3. The van der Waals surface area contributed by atoms with Crippen LogP contribution in [-0.4, -0.2) is 9.97 Å². The molecule has 3 nitrogen and oxygen atoms in total. The van der Waals surface area contributed by atoms with E-state index in [0.29, 0.717) is 33.3 Å². The highest BCUT2D eigenvalue weighted by atomic mass is 19.1. The van der Waals surface area contributed by atoms with Crippen LogP contribution in [-0.2, 0) is 6.42 Å². The van der Waals surface area contributed by atoms with Crippen molar-refractivity contribution in [2.24, 2.45) is 5.92 Å². The Balaban J connectivity index is 1.60. The number of fused-ring (bicyclic) bond motifs is 3. The number of nitrogens with zero attached hydrogens (tertiary/aromatic N) is 2. The van der Waals surface area contributed by atoms with Crippen LogP contribution in [0.3, 0.4) is 0 Å². The van der Waals surface area contributed by atoms with E-state index in [1.54, 1.807) is 30.6 Å². The van der Waals surface area contributed by atoms with Crippen LogP contribution in [0.1, 0.15) is 31.2 Å². The summed E-state index contributed by atoms with van der Waals surface area (Å²) in [5.41, 5.74) is 3.40. The highest BCUT2D eigenvalue weighted by molar-refractivity contribution is 6.05. The topological polar surface area (TPSA) is 38.9 Å². The molecule has 0 spiro atoms. The number of benzene rings is 1. The van der Waals surface area contributed by atoms with Crippen molar-refractivity contribution in [3.63, 3.8) is 0 Å². The van der Waals surface area contributed by atoms with Gasteiger partial charge in [0.25, 0.3) is 0 Å². The van der Waals surface area contributed by atoms with E-state index < -0.39 is 0 Å². The fraction of sp³-hybridized carbons (Fsp3) is 0.273. The van der Waals surface area contributed by atoms with E-state index >= 15 is 4.39 Å². The third-order valence-corrected chi connectivity index (χ3v) is 5.45. The summed E-state index contributed by atoms with van der Waals surface area (Å²) in [7, 11) is 0. The van der Waals surface area contributed by atoms with E-state index in [2.05, 4.69) is 16.0 Å². The molecule has 3 heterocycles. The number of furan rings is 1. The van der Waals surface area contributed by atoms with Gasteiger partial charge in [0.05, 0.1) is 16.5 Å². The van der Waals surface area contributed by atoms with E-state index in [0.717, 1.165) is 12.3 Å². The summed E-state index contributed by atoms with van der Waals surface area (Å²) in [6.07, 6.45) is 9.75. The second-order valence-corrected chi connectivity index (χ2v) is 7.16. The summed E-state index contributed by atoms with van der Waals surface area (Å²) >= 11 is 0. The predicted octanol–water partition coefficient (Wildman–Crippen LogP) is 5.91. The molecule has 0 aliphatic heterocycles. The molecule has 130 valence electrons. The maximum absolute atomic E-state index is 15.3. The highest BCUT2D eigenvalue weighted by Crippen LogP contribution is 2.35. The normalized spacial score (nSPS) is 15.3. The van der Waals surface area contributed by atoms with Crippen LogP contribution in [0.2, 0.25) is 0 Å². The first-order valence-electron chi connectivity index (χ1n) is 9.20. The van der Waals surface area contributed by atoms with Crippen molar-refractivity contribution in [2.75, 3.05) is 0 Å². The van der Waals surface area contributed by atoms with Crippen LogP contribution in [0, 0.1) is 11.7 Å². The number of hydrogen-bond donors (Lipinski definition) is 0. The zero-order valence-corrected chi connectivity index (χ0v) is 14.4. The molecular formula is C22H19FN2O. The molecule has 26 heavy (non-hydrogen) atoms. The smallest absolute Gasteiger partial charge is 0.227 e. The van der Waals surface area contributed by atoms with Crippen LogP contribution in [0.4, 0.5) is 4.39 Å². The number of aromatic nitrogens is 2. The molecule has 1 aromatic carbocycles. The molecule has 0 N–H and O–H groups in total. The average Bonchev–Trinajstić information content (AvgIpc) is 3.29. The first kappa shape index (κ1) is 15.5. The van der Waals surface area contributed by atoms with Crippen molar-refractivity contribution in [3.05, 3.63) is 60.2 Å². The Morgan fingerprint density at radius 2 is 1.92 bits per heavy atom. The van der Waals surface area contributed by atoms with Crippen molar-refractivity contribution >= 4 is 22.1 Å². The van der Waals surface area contributed by atoms with E-state index in [4.69, 9.17) is 4.42 Å². The second-order valence-electron chi connectivity index (χ2n) is 7.16. The summed E-state index contributed by atoms with van der Waals surface area (Å²) in [5.74, 6) is 0.459. The van der Waals surface area contributed by atoms with Crippen LogP contribution in [0.5, 0.6) is 0 Å². The molecule has 5 rings (SSSR count). The fourth-order valence-electron chi connectivity index (χ4n) is 4.16. The molecule has 1 aliphatic rings. The number of hydrogen-bond acceptors (Lipinski definition) is 3. The van der Waals surface area contributed by atoms with E-state index in [1.165, 1.54) is 31.2 Å². The van der Waals surface area contributed by atoms with Crippen LogP contribution in [0.25, 0.3) is 33.3 Å². The van der Waals surface area contributed by atoms with Crippen molar-refractivity contribution in [2.45, 2.75) is 32.1 Å². The van der Waals surface area contributed by atoms with Gasteiger partial charge in [-0.1, -0.05) is 25.7 Å². The summed E-state index contributed by atoms with van der Waals surface area (Å²) < 4.78 is 21.0. The van der Waals surface area contributed by atoms with Crippen molar-refractivity contribution in [1.82, 2.24) is 9.97 Å². The monoisotopic (exact) mass is 346 g/mol. The molecule has 0 atom stereocenters. The van der Waals surface area contributed by atoms with Crippen LogP contribution >= 0.6 is 0 Å². The summed E-state index contributed by atoms with van der Waals surface area (Å²) in [4.78, 5) is 8.61. The number of pyridine rings is 2. The minimum atomic E-state index is -0.292. The van der Waals surface area contributed by atoms with Gasteiger partial charge >= 0.3 is 0 Å². The Bertz CT molecular complexity index is 1100. The Morgan fingerprint density at radius 1 is 1.04 bits per heavy atom. The maximum atomic E-state index is 15.3. The predicted molar refractivity (Wildman–Crippen MR) is 100 cm³/mol. The maximum Gasteiger partial charge on any atom is 0.227 e. The molecule has 1 aliphatic carbocycles. The first-order chi connectivity index (χ1) is 12.8. The third kappa shape index (κ3) is 2.57. The quantitative estimate of drug-likeness (QED) is 0.462. The van der Waals surface area contributed by atoms with Gasteiger partial charge in [0.15, 0.2) is 0 Å². The molecule has 0 unspecified atom stereocenters. The third-order valence-electron chi connectivity index (χ3n) is 5.45. The highest BCUT2D eigenvalue weighted by Gasteiger charge is 2.19. The van der Waals surface area contributed by atoms with Gasteiger partial charge in [-0.2, -0.15) is 0 Å². The zero-order valence-electron chi connectivity index (χ0n) is 14.4. The standard InChI is InChI=1S/C22H19FN2O/c23-21-16(7-8-19-20(21)17-6-3-10-25-22(17)26-19)18-13-15(9-11-24-18)12-14-4-1-2-5-14/h3,6-11,13-14H,1-2,4-5,12H2. The Labute approximate surface area is 150 Å². The van der Waals surface area contributed by atoms with Crippen molar-refractivity contribution < 1.29 is 8.81 Å². The minimum absolute atomic E-state index is 0.292. The van der Waals surface area contributed by atoms with Gasteiger partial charge in [0, 0.05) is 18.0 Å². The van der Waals surface area contributed by atoms with Gasteiger partial charge in [-0.15, -0.1) is 0 Å². The molecule has 4 aromatic rings. The molecule has 0 saturated heterocycles. The van der Waals surface area contributed by atoms with Crippen molar-refractivity contribution in [3.8, 4) is 11.3 Å². The fourth-order valence-corrected chi connectivity index (χ4v) is 4.16. The van der Waals surface area contributed by atoms with E-state index in [1.807, 2.05) is 12.1 Å². The molecular weight excluding hydrogens is 327 g/mol. The second kappa shape index (κ2) is 6.20. The van der Waals surface area contributed by atoms with Gasteiger partial charge in [-0.25, -0.2) is 9.37 Å².